The molecule has 1 unspecified atom stereocenters. The summed E-state index contributed by atoms with van der Waals surface area (Å²) in [5.74, 6) is -0.500. The third-order valence-corrected chi connectivity index (χ3v) is 4.61. The smallest absolute Gasteiger partial charge is 0.309 e. The number of piperidine rings is 1. The number of carboxylic acid groups (broad SMARTS) is 1. The quantitative estimate of drug-likeness (QED) is 0.921. The Morgan fingerprint density at radius 2 is 2.25 bits per heavy atom. The number of likely N-dealkylation sites (tertiary alicyclic amines) is 1. The number of hydrogen-bond acceptors (Lipinski definition) is 2. The number of rotatable bonds is 4. The number of nitrogens with zero attached hydrogens (tertiary/aromatic N) is 1. The Kier molecular flexibility index (Phi) is 4.71. The number of carbonyl (C=O) groups is 1. The van der Waals surface area contributed by atoms with Gasteiger partial charge < -0.3 is 5.11 Å². The predicted octanol–water partition coefficient (Wildman–Crippen LogP) is 3.66. The number of aliphatic carboxylic acids is 1. The van der Waals surface area contributed by atoms with Crippen LogP contribution in [0.2, 0.25) is 5.02 Å². The van der Waals surface area contributed by atoms with Gasteiger partial charge in [-0.15, -0.1) is 0 Å². The van der Waals surface area contributed by atoms with Crippen molar-refractivity contribution in [1.82, 2.24) is 4.90 Å². The average Bonchev–Trinajstić information content (AvgIpc) is 2.39. The zero-order valence-corrected chi connectivity index (χ0v) is 12.9. The Hall–Kier alpha value is -1.06. The van der Waals surface area contributed by atoms with Crippen LogP contribution in [-0.2, 0) is 11.3 Å². The first kappa shape index (κ1) is 15.3. The van der Waals surface area contributed by atoms with Crippen LogP contribution in [-0.4, -0.2) is 29.1 Å². The van der Waals surface area contributed by atoms with Crippen molar-refractivity contribution in [3.05, 3.63) is 34.9 Å². The van der Waals surface area contributed by atoms with Gasteiger partial charge in [0, 0.05) is 18.1 Å². The summed E-state index contributed by atoms with van der Waals surface area (Å²) in [4.78, 5) is 13.7. The lowest BCUT2D eigenvalue weighted by atomic mass is 9.74. The van der Waals surface area contributed by atoms with Gasteiger partial charge in [-0.05, 0) is 56.8 Å². The van der Waals surface area contributed by atoms with Crippen molar-refractivity contribution in [3.8, 4) is 0 Å². The maximum absolute atomic E-state index is 11.4. The molecule has 1 heterocycles. The van der Waals surface area contributed by atoms with Crippen LogP contribution in [0.4, 0.5) is 0 Å². The molecule has 20 heavy (non-hydrogen) atoms. The van der Waals surface area contributed by atoms with E-state index in [9.17, 15) is 9.90 Å². The molecule has 1 aromatic carbocycles. The molecule has 1 aromatic rings. The van der Waals surface area contributed by atoms with Crippen molar-refractivity contribution in [3.63, 3.8) is 0 Å². The highest BCUT2D eigenvalue weighted by Crippen LogP contribution is 2.34. The molecule has 0 radical (unpaired) electrons. The molecule has 2 rings (SSSR count). The Morgan fingerprint density at radius 3 is 2.90 bits per heavy atom. The van der Waals surface area contributed by atoms with Crippen molar-refractivity contribution in [1.29, 1.82) is 0 Å². The zero-order chi connectivity index (χ0) is 14.8. The van der Waals surface area contributed by atoms with E-state index in [0.29, 0.717) is 0 Å². The van der Waals surface area contributed by atoms with E-state index in [-0.39, 0.29) is 5.92 Å². The molecule has 0 aromatic heterocycles. The van der Waals surface area contributed by atoms with E-state index in [1.165, 1.54) is 5.56 Å². The topological polar surface area (TPSA) is 40.5 Å². The monoisotopic (exact) mass is 295 g/mol. The van der Waals surface area contributed by atoms with E-state index in [1.807, 2.05) is 32.0 Å². The van der Waals surface area contributed by atoms with Crippen molar-refractivity contribution in [2.75, 3.05) is 13.1 Å². The number of halogens is 1. The van der Waals surface area contributed by atoms with Gasteiger partial charge in [0.05, 0.1) is 5.41 Å². The summed E-state index contributed by atoms with van der Waals surface area (Å²) >= 11 is 6.01. The normalized spacial score (nSPS) is 20.9. The lowest BCUT2D eigenvalue weighted by Gasteiger charge is -2.39. The SMILES string of the molecule is CC(C)(C(=O)O)C1CCCN(Cc2cccc(Cl)c2)C1. The molecule has 1 aliphatic heterocycles. The van der Waals surface area contributed by atoms with E-state index in [2.05, 4.69) is 11.0 Å². The Morgan fingerprint density at radius 1 is 1.50 bits per heavy atom. The highest BCUT2D eigenvalue weighted by molar-refractivity contribution is 6.30. The molecule has 0 amide bonds. The first-order valence-electron chi connectivity index (χ1n) is 7.10. The van der Waals surface area contributed by atoms with Crippen molar-refractivity contribution in [2.24, 2.45) is 11.3 Å². The lowest BCUT2D eigenvalue weighted by Crippen LogP contribution is -2.44. The molecule has 0 bridgehead atoms. The molecule has 1 aliphatic rings. The van der Waals surface area contributed by atoms with Gasteiger partial charge in [0.1, 0.15) is 0 Å². The minimum atomic E-state index is -0.702. The first-order valence-corrected chi connectivity index (χ1v) is 7.47. The van der Waals surface area contributed by atoms with Crippen LogP contribution in [0.1, 0.15) is 32.3 Å². The third-order valence-electron chi connectivity index (χ3n) is 4.37. The Bertz CT molecular complexity index is 487. The number of benzene rings is 1. The molecule has 1 N–H and O–H groups in total. The van der Waals surface area contributed by atoms with Crippen molar-refractivity contribution >= 4 is 17.6 Å². The molecular weight excluding hydrogens is 274 g/mol. The van der Waals surface area contributed by atoms with Crippen molar-refractivity contribution in [2.45, 2.75) is 33.2 Å². The fourth-order valence-electron chi connectivity index (χ4n) is 2.86. The molecule has 1 saturated heterocycles. The molecule has 4 heteroatoms. The second kappa shape index (κ2) is 6.15. The van der Waals surface area contributed by atoms with Crippen LogP contribution in [0.25, 0.3) is 0 Å². The van der Waals surface area contributed by atoms with E-state index < -0.39 is 11.4 Å². The summed E-state index contributed by atoms with van der Waals surface area (Å²) in [6.07, 6.45) is 2.05. The van der Waals surface area contributed by atoms with Gasteiger partial charge in [-0.3, -0.25) is 9.69 Å². The van der Waals surface area contributed by atoms with Gasteiger partial charge >= 0.3 is 5.97 Å². The van der Waals surface area contributed by atoms with E-state index >= 15 is 0 Å². The molecular formula is C16H22ClNO2. The van der Waals surface area contributed by atoms with E-state index in [1.54, 1.807) is 0 Å². The second-order valence-corrected chi connectivity index (χ2v) is 6.67. The van der Waals surface area contributed by atoms with Crippen LogP contribution in [0.15, 0.2) is 24.3 Å². The summed E-state index contributed by atoms with van der Waals surface area (Å²) in [7, 11) is 0. The summed E-state index contributed by atoms with van der Waals surface area (Å²) in [5, 5.41) is 10.1. The molecule has 0 aliphatic carbocycles. The molecule has 0 spiro atoms. The first-order chi connectivity index (χ1) is 9.39. The fourth-order valence-corrected chi connectivity index (χ4v) is 3.07. The molecule has 0 saturated carbocycles. The summed E-state index contributed by atoms with van der Waals surface area (Å²) < 4.78 is 0. The fraction of sp³-hybridized carbons (Fsp3) is 0.562. The standard InChI is InChI=1S/C16H22ClNO2/c1-16(2,15(19)20)13-6-4-8-18(11-13)10-12-5-3-7-14(17)9-12/h3,5,7,9,13H,4,6,8,10-11H2,1-2H3,(H,19,20). The Labute approximate surface area is 125 Å². The average molecular weight is 296 g/mol. The van der Waals surface area contributed by atoms with Gasteiger partial charge in [0.25, 0.3) is 0 Å². The molecule has 1 fully saturated rings. The molecule has 110 valence electrons. The van der Waals surface area contributed by atoms with E-state index in [0.717, 1.165) is 37.5 Å². The van der Waals surface area contributed by atoms with Gasteiger partial charge in [-0.2, -0.15) is 0 Å². The lowest BCUT2D eigenvalue weighted by molar-refractivity contribution is -0.151. The minimum Gasteiger partial charge on any atom is -0.481 e. The highest BCUT2D eigenvalue weighted by Gasteiger charge is 2.38. The summed E-state index contributed by atoms with van der Waals surface area (Å²) in [6, 6.07) is 7.88. The van der Waals surface area contributed by atoms with Gasteiger partial charge in [-0.25, -0.2) is 0 Å². The van der Waals surface area contributed by atoms with Crippen LogP contribution >= 0.6 is 11.6 Å². The Balaban J connectivity index is 2.02. The summed E-state index contributed by atoms with van der Waals surface area (Å²) in [5.41, 5.74) is 0.527. The van der Waals surface area contributed by atoms with Gasteiger partial charge in [0.2, 0.25) is 0 Å². The second-order valence-electron chi connectivity index (χ2n) is 6.23. The van der Waals surface area contributed by atoms with Crippen molar-refractivity contribution < 1.29 is 9.90 Å². The predicted molar refractivity (Wildman–Crippen MR) is 80.9 cm³/mol. The van der Waals surface area contributed by atoms with Crippen LogP contribution in [0, 0.1) is 11.3 Å². The van der Waals surface area contributed by atoms with Crippen LogP contribution < -0.4 is 0 Å². The number of carboxylic acids is 1. The van der Waals surface area contributed by atoms with Gasteiger partial charge in [-0.1, -0.05) is 23.7 Å². The zero-order valence-electron chi connectivity index (χ0n) is 12.1. The number of hydrogen-bond donors (Lipinski definition) is 1. The molecule has 3 nitrogen and oxygen atoms in total. The largest absolute Gasteiger partial charge is 0.481 e. The maximum atomic E-state index is 11.4. The maximum Gasteiger partial charge on any atom is 0.309 e. The van der Waals surface area contributed by atoms with E-state index in [4.69, 9.17) is 11.6 Å². The van der Waals surface area contributed by atoms with Crippen LogP contribution in [0.5, 0.6) is 0 Å². The highest BCUT2D eigenvalue weighted by atomic mass is 35.5. The van der Waals surface area contributed by atoms with Crippen LogP contribution in [0.3, 0.4) is 0 Å². The summed E-state index contributed by atoms with van der Waals surface area (Å²) in [6.45, 7) is 6.38. The molecule has 1 atom stereocenters. The minimum absolute atomic E-state index is 0.202. The van der Waals surface area contributed by atoms with Gasteiger partial charge in [0.15, 0.2) is 0 Å². The third kappa shape index (κ3) is 3.53.